The Balaban J connectivity index is 0.000000777. The second-order valence-electron chi connectivity index (χ2n) is 5.51. The summed E-state index contributed by atoms with van der Waals surface area (Å²) < 4.78 is 0. The van der Waals surface area contributed by atoms with Crippen LogP contribution in [0.15, 0.2) is 54.6 Å². The van der Waals surface area contributed by atoms with Crippen LogP contribution in [0.4, 0.5) is 0 Å². The third-order valence-corrected chi connectivity index (χ3v) is 3.52. The number of carboxylic acids is 1. The monoisotopic (exact) mass is 381 g/mol. The molecule has 6 nitrogen and oxygen atoms in total. The molecule has 1 atom stereocenters. The molecule has 0 radical (unpaired) electrons. The van der Waals surface area contributed by atoms with Crippen molar-refractivity contribution in [1.82, 2.24) is 0 Å². The van der Waals surface area contributed by atoms with Gasteiger partial charge in [0.05, 0.1) is 25.2 Å². The molecule has 7 heteroatoms. The largest absolute Gasteiger partial charge is 0.481 e. The standard InChI is InChI=1S/C16H14O3.C3H9NO2.ClH/c1-11(16(18)19)13-8-5-9-14(10-13)15(17)12-6-3-2-4-7-12;4-3(1-5)2-6;/h2-11H,1H3,(H,18,19);3,5-6H,1-2,4H2;1H. The highest BCUT2D eigenvalue weighted by atomic mass is 35.5. The molecule has 0 amide bonds. The fraction of sp³-hybridized carbons (Fsp3) is 0.263. The molecule has 5 N–H and O–H groups in total. The molecule has 2 aromatic carbocycles. The van der Waals surface area contributed by atoms with Gasteiger partial charge in [0.15, 0.2) is 5.78 Å². The molecule has 0 fully saturated rings. The first kappa shape index (κ1) is 23.8. The highest BCUT2D eigenvalue weighted by molar-refractivity contribution is 6.09. The first-order valence-electron chi connectivity index (χ1n) is 7.80. The summed E-state index contributed by atoms with van der Waals surface area (Å²) in [6.07, 6.45) is 0. The van der Waals surface area contributed by atoms with E-state index < -0.39 is 17.9 Å². The lowest BCUT2D eigenvalue weighted by Gasteiger charge is -2.08. The molecule has 0 aromatic heterocycles. The summed E-state index contributed by atoms with van der Waals surface area (Å²) in [7, 11) is 0. The van der Waals surface area contributed by atoms with Crippen molar-refractivity contribution in [2.24, 2.45) is 5.73 Å². The zero-order chi connectivity index (χ0) is 18.8. The molecule has 0 bridgehead atoms. The number of rotatable bonds is 6. The summed E-state index contributed by atoms with van der Waals surface area (Å²) >= 11 is 0. The Bertz CT molecular complexity index is 689. The van der Waals surface area contributed by atoms with Crippen molar-refractivity contribution in [3.05, 3.63) is 71.3 Å². The number of aliphatic hydroxyl groups excluding tert-OH is 2. The zero-order valence-electron chi connectivity index (χ0n) is 14.4. The smallest absolute Gasteiger partial charge is 0.310 e. The molecule has 2 rings (SSSR count). The Kier molecular flexibility index (Phi) is 11.1. The highest BCUT2D eigenvalue weighted by Gasteiger charge is 2.16. The summed E-state index contributed by atoms with van der Waals surface area (Å²) in [5.41, 5.74) is 6.72. The average Bonchev–Trinajstić information content (AvgIpc) is 2.67. The minimum Gasteiger partial charge on any atom is -0.481 e. The Morgan fingerprint density at radius 3 is 1.96 bits per heavy atom. The van der Waals surface area contributed by atoms with Gasteiger partial charge in [-0.05, 0) is 18.6 Å². The van der Waals surface area contributed by atoms with Crippen LogP contribution in [0.1, 0.15) is 34.3 Å². The van der Waals surface area contributed by atoms with Crippen LogP contribution in [0, 0.1) is 0 Å². The average molecular weight is 382 g/mol. The van der Waals surface area contributed by atoms with E-state index in [0.717, 1.165) is 0 Å². The number of aliphatic hydroxyl groups is 2. The molecule has 0 saturated carbocycles. The van der Waals surface area contributed by atoms with Crippen LogP contribution in [0.25, 0.3) is 0 Å². The Morgan fingerprint density at radius 2 is 1.50 bits per heavy atom. The molecule has 2 aromatic rings. The van der Waals surface area contributed by atoms with Crippen LogP contribution >= 0.6 is 12.4 Å². The number of hydrogen-bond acceptors (Lipinski definition) is 5. The maximum atomic E-state index is 12.2. The Hall–Kier alpha value is -2.25. The lowest BCUT2D eigenvalue weighted by atomic mass is 9.96. The molecular weight excluding hydrogens is 358 g/mol. The van der Waals surface area contributed by atoms with Crippen molar-refractivity contribution >= 4 is 24.2 Å². The molecule has 0 aliphatic heterocycles. The number of carbonyl (C=O) groups excluding carboxylic acids is 1. The summed E-state index contributed by atoms with van der Waals surface area (Å²) in [6, 6.07) is 15.3. The Labute approximate surface area is 158 Å². The fourth-order valence-electron chi connectivity index (χ4n) is 1.91. The van der Waals surface area contributed by atoms with Crippen molar-refractivity contribution in [2.45, 2.75) is 18.9 Å². The summed E-state index contributed by atoms with van der Waals surface area (Å²) in [6.45, 7) is 1.32. The Morgan fingerprint density at radius 1 is 0.962 bits per heavy atom. The van der Waals surface area contributed by atoms with Crippen molar-refractivity contribution in [2.75, 3.05) is 13.2 Å². The number of hydrogen-bond donors (Lipinski definition) is 4. The van der Waals surface area contributed by atoms with Crippen LogP contribution in [0.5, 0.6) is 0 Å². The molecular formula is C19H24ClNO5. The zero-order valence-corrected chi connectivity index (χ0v) is 15.2. The topological polar surface area (TPSA) is 121 Å². The molecule has 142 valence electrons. The first-order valence-corrected chi connectivity index (χ1v) is 7.80. The van der Waals surface area contributed by atoms with Crippen molar-refractivity contribution in [3.63, 3.8) is 0 Å². The number of nitrogens with two attached hydrogens (primary N) is 1. The van der Waals surface area contributed by atoms with E-state index in [4.69, 9.17) is 21.1 Å². The minimum absolute atomic E-state index is 0. The number of carboxylic acid groups (broad SMARTS) is 1. The second-order valence-corrected chi connectivity index (χ2v) is 5.51. The molecule has 0 aliphatic carbocycles. The minimum atomic E-state index is -0.899. The van der Waals surface area contributed by atoms with Crippen molar-refractivity contribution in [1.29, 1.82) is 0 Å². The predicted octanol–water partition coefficient (Wildman–Crippen LogP) is 1.83. The van der Waals surface area contributed by atoms with Gasteiger partial charge in [0, 0.05) is 11.1 Å². The van der Waals surface area contributed by atoms with Gasteiger partial charge in [-0.15, -0.1) is 12.4 Å². The third-order valence-electron chi connectivity index (χ3n) is 3.52. The molecule has 0 heterocycles. The van der Waals surface area contributed by atoms with E-state index in [-0.39, 0.29) is 31.4 Å². The predicted molar refractivity (Wildman–Crippen MR) is 102 cm³/mol. The van der Waals surface area contributed by atoms with Crippen LogP contribution in [-0.4, -0.2) is 46.3 Å². The molecule has 1 unspecified atom stereocenters. The van der Waals surface area contributed by atoms with Gasteiger partial charge in [-0.1, -0.05) is 48.5 Å². The van der Waals surface area contributed by atoms with E-state index in [1.54, 1.807) is 55.5 Å². The van der Waals surface area contributed by atoms with E-state index in [0.29, 0.717) is 16.7 Å². The third kappa shape index (κ3) is 7.33. The van der Waals surface area contributed by atoms with Crippen LogP contribution in [0.3, 0.4) is 0 Å². The van der Waals surface area contributed by atoms with Gasteiger partial charge in [-0.25, -0.2) is 0 Å². The lowest BCUT2D eigenvalue weighted by molar-refractivity contribution is -0.138. The van der Waals surface area contributed by atoms with E-state index >= 15 is 0 Å². The number of benzene rings is 2. The van der Waals surface area contributed by atoms with Gasteiger partial charge in [-0.2, -0.15) is 0 Å². The first-order chi connectivity index (χ1) is 11.9. The summed E-state index contributed by atoms with van der Waals surface area (Å²) in [4.78, 5) is 23.2. The second kappa shape index (κ2) is 12.2. The summed E-state index contributed by atoms with van der Waals surface area (Å²) in [5, 5.41) is 25.1. The quantitative estimate of drug-likeness (QED) is 0.566. The van der Waals surface area contributed by atoms with E-state index in [1.165, 1.54) is 0 Å². The van der Waals surface area contributed by atoms with Gasteiger partial charge in [0.2, 0.25) is 0 Å². The van der Waals surface area contributed by atoms with E-state index in [2.05, 4.69) is 0 Å². The van der Waals surface area contributed by atoms with Gasteiger partial charge in [0.1, 0.15) is 0 Å². The van der Waals surface area contributed by atoms with Crippen molar-refractivity contribution < 1.29 is 24.9 Å². The maximum absolute atomic E-state index is 12.2. The lowest BCUT2D eigenvalue weighted by Crippen LogP contribution is -2.27. The van der Waals surface area contributed by atoms with E-state index in [1.807, 2.05) is 6.07 Å². The molecule has 0 spiro atoms. The van der Waals surface area contributed by atoms with Crippen LogP contribution in [0.2, 0.25) is 0 Å². The fourth-order valence-corrected chi connectivity index (χ4v) is 1.91. The van der Waals surface area contributed by atoms with Crippen molar-refractivity contribution in [3.8, 4) is 0 Å². The molecule has 26 heavy (non-hydrogen) atoms. The SMILES string of the molecule is CC(C(=O)O)c1cccc(C(=O)c2ccccc2)c1.Cl.NC(CO)CO. The number of ketones is 1. The molecule has 0 saturated heterocycles. The number of halogens is 1. The van der Waals surface area contributed by atoms with Crippen LogP contribution in [-0.2, 0) is 4.79 Å². The van der Waals surface area contributed by atoms with Crippen LogP contribution < -0.4 is 5.73 Å². The number of aliphatic carboxylic acids is 1. The van der Waals surface area contributed by atoms with Gasteiger partial charge < -0.3 is 21.1 Å². The van der Waals surface area contributed by atoms with Gasteiger partial charge in [0.25, 0.3) is 0 Å². The highest BCUT2D eigenvalue weighted by Crippen LogP contribution is 2.18. The number of carbonyl (C=O) groups is 2. The summed E-state index contributed by atoms with van der Waals surface area (Å²) in [5.74, 6) is -1.62. The van der Waals surface area contributed by atoms with E-state index in [9.17, 15) is 9.59 Å². The molecule has 0 aliphatic rings. The van der Waals surface area contributed by atoms with Gasteiger partial charge >= 0.3 is 5.97 Å². The van der Waals surface area contributed by atoms with Gasteiger partial charge in [-0.3, -0.25) is 9.59 Å². The maximum Gasteiger partial charge on any atom is 0.310 e. The normalized spacial score (nSPS) is 11.0.